The summed E-state index contributed by atoms with van der Waals surface area (Å²) < 4.78 is 30.7. The SMILES string of the molecule is O=C1c2c(CCCC3CC3)cc(=O)oc2CCN1C(F)F. The minimum absolute atomic E-state index is 0.113. The van der Waals surface area contributed by atoms with Crippen LogP contribution in [0.3, 0.4) is 0 Å². The van der Waals surface area contributed by atoms with Gasteiger partial charge in [-0.2, -0.15) is 8.78 Å². The van der Waals surface area contributed by atoms with Gasteiger partial charge in [0.1, 0.15) is 5.76 Å². The van der Waals surface area contributed by atoms with E-state index >= 15 is 0 Å². The standard InChI is InChI=1S/C15H17F2NO3/c16-15(17)18-7-6-11-13(14(18)20)10(8-12(19)21-11)3-1-2-9-4-5-9/h8-9,15H,1-7H2. The van der Waals surface area contributed by atoms with Crippen molar-refractivity contribution >= 4 is 5.91 Å². The van der Waals surface area contributed by atoms with Gasteiger partial charge in [0.2, 0.25) is 0 Å². The van der Waals surface area contributed by atoms with Crippen LogP contribution in [0, 0.1) is 5.92 Å². The largest absolute Gasteiger partial charge is 0.427 e. The molecule has 114 valence electrons. The molecule has 2 heterocycles. The van der Waals surface area contributed by atoms with Gasteiger partial charge < -0.3 is 4.42 Å². The lowest BCUT2D eigenvalue weighted by molar-refractivity contribution is -0.0175. The highest BCUT2D eigenvalue weighted by Gasteiger charge is 2.33. The molecule has 0 unspecified atom stereocenters. The molecule has 0 spiro atoms. The van der Waals surface area contributed by atoms with E-state index in [0.29, 0.717) is 16.9 Å². The summed E-state index contributed by atoms with van der Waals surface area (Å²) in [5.41, 5.74) is 0.225. The van der Waals surface area contributed by atoms with Gasteiger partial charge >= 0.3 is 12.2 Å². The molecule has 0 aromatic carbocycles. The van der Waals surface area contributed by atoms with E-state index in [9.17, 15) is 18.4 Å². The predicted octanol–water partition coefficient (Wildman–Crippen LogP) is 2.59. The number of alkyl halides is 2. The average Bonchev–Trinajstić information content (AvgIpc) is 3.22. The molecule has 4 nitrogen and oxygen atoms in total. The fraction of sp³-hybridized carbons (Fsp3) is 0.600. The molecule has 2 aliphatic rings. The van der Waals surface area contributed by atoms with Gasteiger partial charge in [0.25, 0.3) is 5.91 Å². The molecule has 1 aliphatic carbocycles. The zero-order valence-electron chi connectivity index (χ0n) is 11.6. The summed E-state index contributed by atoms with van der Waals surface area (Å²) >= 11 is 0. The van der Waals surface area contributed by atoms with Crippen molar-refractivity contribution in [1.82, 2.24) is 4.90 Å². The Morgan fingerprint density at radius 3 is 2.76 bits per heavy atom. The first-order valence-electron chi connectivity index (χ1n) is 7.31. The lowest BCUT2D eigenvalue weighted by Crippen LogP contribution is -2.42. The summed E-state index contributed by atoms with van der Waals surface area (Å²) in [5, 5.41) is 0. The third-order valence-corrected chi connectivity index (χ3v) is 4.16. The lowest BCUT2D eigenvalue weighted by Gasteiger charge is -2.27. The topological polar surface area (TPSA) is 50.5 Å². The second-order valence-electron chi connectivity index (χ2n) is 5.75. The molecule has 1 aliphatic heterocycles. The molecule has 1 amide bonds. The molecule has 3 rings (SSSR count). The van der Waals surface area contributed by atoms with Crippen LogP contribution in [0.15, 0.2) is 15.3 Å². The Labute approximate surface area is 120 Å². The molecule has 1 aromatic heterocycles. The summed E-state index contributed by atoms with van der Waals surface area (Å²) in [6.45, 7) is -2.94. The van der Waals surface area contributed by atoms with Crippen molar-refractivity contribution in [3.63, 3.8) is 0 Å². The molecule has 1 saturated carbocycles. The first kappa shape index (κ1) is 14.2. The zero-order chi connectivity index (χ0) is 15.0. The van der Waals surface area contributed by atoms with Crippen molar-refractivity contribution in [2.24, 2.45) is 5.92 Å². The Balaban J connectivity index is 1.86. The monoisotopic (exact) mass is 297 g/mol. The molecule has 1 fully saturated rings. The Bertz CT molecular complexity index is 607. The Kier molecular flexibility index (Phi) is 3.78. The van der Waals surface area contributed by atoms with Crippen molar-refractivity contribution in [1.29, 1.82) is 0 Å². The van der Waals surface area contributed by atoms with E-state index in [0.717, 1.165) is 18.8 Å². The van der Waals surface area contributed by atoms with Gasteiger partial charge in [-0.1, -0.05) is 19.3 Å². The van der Waals surface area contributed by atoms with E-state index < -0.39 is 18.1 Å². The predicted molar refractivity (Wildman–Crippen MR) is 71.4 cm³/mol. The molecule has 0 atom stereocenters. The number of hydrogen-bond donors (Lipinski definition) is 0. The fourth-order valence-corrected chi connectivity index (χ4v) is 2.87. The van der Waals surface area contributed by atoms with Crippen LogP contribution >= 0.6 is 0 Å². The summed E-state index contributed by atoms with van der Waals surface area (Å²) in [6.07, 6.45) is 5.13. The van der Waals surface area contributed by atoms with Crippen molar-refractivity contribution in [2.75, 3.05) is 6.54 Å². The summed E-state index contributed by atoms with van der Waals surface area (Å²) in [6, 6.07) is 1.28. The highest BCUT2D eigenvalue weighted by molar-refractivity contribution is 5.97. The maximum absolute atomic E-state index is 12.9. The van der Waals surface area contributed by atoms with Gasteiger partial charge in [0, 0.05) is 19.0 Å². The Morgan fingerprint density at radius 2 is 2.10 bits per heavy atom. The number of nitrogens with zero attached hydrogens (tertiary/aromatic N) is 1. The Morgan fingerprint density at radius 1 is 1.33 bits per heavy atom. The van der Waals surface area contributed by atoms with Gasteiger partial charge in [-0.3, -0.25) is 9.69 Å². The van der Waals surface area contributed by atoms with Crippen molar-refractivity contribution in [3.05, 3.63) is 33.4 Å². The van der Waals surface area contributed by atoms with Gasteiger partial charge in [-0.25, -0.2) is 4.79 Å². The van der Waals surface area contributed by atoms with Crippen LogP contribution in [0.4, 0.5) is 8.78 Å². The van der Waals surface area contributed by atoms with Gasteiger partial charge in [0.15, 0.2) is 0 Å². The van der Waals surface area contributed by atoms with Gasteiger partial charge in [-0.15, -0.1) is 0 Å². The van der Waals surface area contributed by atoms with Crippen LogP contribution < -0.4 is 5.63 Å². The third kappa shape index (κ3) is 2.99. The van der Waals surface area contributed by atoms with E-state index in [1.54, 1.807) is 0 Å². The van der Waals surface area contributed by atoms with Crippen LogP contribution in [-0.2, 0) is 12.8 Å². The highest BCUT2D eigenvalue weighted by Crippen LogP contribution is 2.34. The molecule has 0 N–H and O–H groups in total. The third-order valence-electron chi connectivity index (χ3n) is 4.16. The number of halogens is 2. The highest BCUT2D eigenvalue weighted by atomic mass is 19.3. The van der Waals surface area contributed by atoms with Gasteiger partial charge in [-0.05, 0) is 24.3 Å². The first-order valence-corrected chi connectivity index (χ1v) is 7.31. The maximum atomic E-state index is 12.9. The number of carbonyl (C=O) groups is 1. The van der Waals surface area contributed by atoms with Crippen LogP contribution in [0.1, 0.15) is 47.4 Å². The van der Waals surface area contributed by atoms with Crippen LogP contribution in [0.5, 0.6) is 0 Å². The van der Waals surface area contributed by atoms with Crippen LogP contribution in [0.2, 0.25) is 0 Å². The minimum Gasteiger partial charge on any atom is -0.427 e. The smallest absolute Gasteiger partial charge is 0.336 e. The minimum atomic E-state index is -2.82. The number of carbonyl (C=O) groups excluding carboxylic acids is 1. The molecular weight excluding hydrogens is 280 g/mol. The summed E-state index contributed by atoms with van der Waals surface area (Å²) in [4.78, 5) is 24.3. The number of amides is 1. The Hall–Kier alpha value is -1.72. The quantitative estimate of drug-likeness (QED) is 0.785. The summed E-state index contributed by atoms with van der Waals surface area (Å²) in [7, 11) is 0. The molecule has 0 radical (unpaired) electrons. The number of rotatable bonds is 5. The molecule has 0 saturated heterocycles. The van der Waals surface area contributed by atoms with Crippen molar-refractivity contribution in [2.45, 2.75) is 45.1 Å². The average molecular weight is 297 g/mol. The number of hydrogen-bond acceptors (Lipinski definition) is 3. The van der Waals surface area contributed by atoms with Crippen LogP contribution in [0.25, 0.3) is 0 Å². The molecule has 21 heavy (non-hydrogen) atoms. The first-order chi connectivity index (χ1) is 10.1. The summed E-state index contributed by atoms with van der Waals surface area (Å²) in [5.74, 6) is 0.288. The number of fused-ring (bicyclic) bond motifs is 1. The zero-order valence-corrected chi connectivity index (χ0v) is 11.6. The van der Waals surface area contributed by atoms with E-state index in [1.807, 2.05) is 0 Å². The van der Waals surface area contributed by atoms with Crippen molar-refractivity contribution in [3.8, 4) is 0 Å². The second-order valence-corrected chi connectivity index (χ2v) is 5.75. The molecule has 1 aromatic rings. The maximum Gasteiger partial charge on any atom is 0.336 e. The van der Waals surface area contributed by atoms with E-state index in [1.165, 1.54) is 18.9 Å². The van der Waals surface area contributed by atoms with E-state index in [-0.39, 0.29) is 24.3 Å². The fourth-order valence-electron chi connectivity index (χ4n) is 2.87. The molecule has 0 bridgehead atoms. The molecular formula is C15H17F2NO3. The lowest BCUT2D eigenvalue weighted by atomic mass is 9.96. The van der Waals surface area contributed by atoms with E-state index in [2.05, 4.69) is 0 Å². The van der Waals surface area contributed by atoms with Gasteiger partial charge in [0.05, 0.1) is 5.56 Å². The number of aryl methyl sites for hydroxylation is 1. The second kappa shape index (κ2) is 5.58. The van der Waals surface area contributed by atoms with Crippen LogP contribution in [-0.4, -0.2) is 23.9 Å². The van der Waals surface area contributed by atoms with Crippen molar-refractivity contribution < 1.29 is 18.0 Å². The van der Waals surface area contributed by atoms with E-state index in [4.69, 9.17) is 4.42 Å². The molecule has 6 heteroatoms. The normalized spacial score (nSPS) is 18.2.